The average molecular weight is 446 g/mol. The van der Waals surface area contributed by atoms with Crippen LogP contribution in [0.2, 0.25) is 0 Å². The zero-order chi connectivity index (χ0) is 22.1. The number of halogens is 2. The molecule has 4 rings (SSSR count). The van der Waals surface area contributed by atoms with E-state index in [0.717, 1.165) is 12.1 Å². The Kier molecular flexibility index (Phi) is 5.77. The summed E-state index contributed by atoms with van der Waals surface area (Å²) in [7, 11) is 1.22. The number of esters is 1. The van der Waals surface area contributed by atoms with Gasteiger partial charge in [0.1, 0.15) is 24.8 Å². The molecule has 1 N–H and O–H groups in total. The van der Waals surface area contributed by atoms with E-state index < -0.39 is 23.6 Å². The van der Waals surface area contributed by atoms with Gasteiger partial charge in [0.05, 0.1) is 30.0 Å². The van der Waals surface area contributed by atoms with Gasteiger partial charge in [0.25, 0.3) is 0 Å². The summed E-state index contributed by atoms with van der Waals surface area (Å²) in [6.07, 6.45) is 0.354. The van der Waals surface area contributed by atoms with E-state index in [4.69, 9.17) is 26.4 Å². The first kappa shape index (κ1) is 21.0. The molecule has 2 aliphatic rings. The molecule has 6 nitrogen and oxygen atoms in total. The number of carbonyl (C=O) groups excluding carboxylic acids is 1. The molecule has 9 heteroatoms. The highest BCUT2D eigenvalue weighted by Gasteiger charge is 2.39. The summed E-state index contributed by atoms with van der Waals surface area (Å²) in [5.41, 5.74) is 0.878. The summed E-state index contributed by atoms with van der Waals surface area (Å²) in [6, 6.07) is 7.67. The number of thiocarbonyl (C=S) groups is 1. The van der Waals surface area contributed by atoms with Gasteiger partial charge in [-0.15, -0.1) is 0 Å². The lowest BCUT2D eigenvalue weighted by Gasteiger charge is -2.38. The fourth-order valence-electron chi connectivity index (χ4n) is 3.81. The lowest BCUT2D eigenvalue weighted by atomic mass is 9.92. The van der Waals surface area contributed by atoms with Crippen molar-refractivity contribution in [1.82, 2.24) is 5.32 Å². The molecular formula is C22H20F2N2O4S. The van der Waals surface area contributed by atoms with Gasteiger partial charge >= 0.3 is 5.97 Å². The van der Waals surface area contributed by atoms with Crippen LogP contribution in [-0.4, -0.2) is 31.4 Å². The molecule has 2 aliphatic heterocycles. The molecule has 0 aromatic heterocycles. The fourth-order valence-corrected chi connectivity index (χ4v) is 4.14. The van der Waals surface area contributed by atoms with E-state index in [2.05, 4.69) is 5.32 Å². The molecule has 0 aliphatic carbocycles. The van der Waals surface area contributed by atoms with Crippen molar-refractivity contribution >= 4 is 29.0 Å². The Morgan fingerprint density at radius 1 is 1.19 bits per heavy atom. The number of ether oxygens (including phenoxy) is 3. The number of hydrogen-bond donors (Lipinski definition) is 1. The van der Waals surface area contributed by atoms with Gasteiger partial charge in [-0.3, -0.25) is 4.90 Å². The average Bonchev–Trinajstić information content (AvgIpc) is 2.77. The minimum Gasteiger partial charge on any atom is -0.486 e. The molecule has 0 fully saturated rings. The van der Waals surface area contributed by atoms with Crippen molar-refractivity contribution in [3.8, 4) is 11.5 Å². The number of rotatable bonds is 4. The van der Waals surface area contributed by atoms with Crippen LogP contribution in [0.5, 0.6) is 11.5 Å². The van der Waals surface area contributed by atoms with E-state index >= 15 is 0 Å². The predicted molar refractivity (Wildman–Crippen MR) is 114 cm³/mol. The van der Waals surface area contributed by atoms with E-state index in [1.165, 1.54) is 13.2 Å². The largest absolute Gasteiger partial charge is 0.486 e. The van der Waals surface area contributed by atoms with Crippen LogP contribution in [0.1, 0.15) is 24.9 Å². The third-order valence-electron chi connectivity index (χ3n) is 5.15. The maximum Gasteiger partial charge on any atom is 0.338 e. The van der Waals surface area contributed by atoms with E-state index in [1.807, 2.05) is 6.92 Å². The number of nitrogens with one attached hydrogen (secondary N) is 1. The summed E-state index contributed by atoms with van der Waals surface area (Å²) in [5.74, 6) is -1.13. The second-order valence-electron chi connectivity index (χ2n) is 6.89. The van der Waals surface area contributed by atoms with Crippen molar-refractivity contribution in [3.63, 3.8) is 0 Å². The van der Waals surface area contributed by atoms with E-state index in [-0.39, 0.29) is 16.2 Å². The van der Waals surface area contributed by atoms with Crippen LogP contribution in [0.4, 0.5) is 14.5 Å². The second-order valence-corrected chi connectivity index (χ2v) is 7.27. The molecule has 1 unspecified atom stereocenters. The maximum absolute atomic E-state index is 14.6. The van der Waals surface area contributed by atoms with Crippen LogP contribution in [-0.2, 0) is 9.53 Å². The van der Waals surface area contributed by atoms with Gasteiger partial charge < -0.3 is 19.5 Å². The lowest BCUT2D eigenvalue weighted by Crippen LogP contribution is -2.49. The Labute approximate surface area is 183 Å². The molecular weight excluding hydrogens is 426 g/mol. The van der Waals surface area contributed by atoms with Crippen LogP contribution in [0.3, 0.4) is 0 Å². The molecule has 31 heavy (non-hydrogen) atoms. The molecule has 2 heterocycles. The smallest absolute Gasteiger partial charge is 0.338 e. The van der Waals surface area contributed by atoms with E-state index in [9.17, 15) is 13.6 Å². The minimum atomic E-state index is -1.13. The molecule has 0 amide bonds. The molecule has 0 saturated carbocycles. The van der Waals surface area contributed by atoms with Crippen molar-refractivity contribution in [2.75, 3.05) is 25.2 Å². The molecule has 2 aromatic rings. The monoisotopic (exact) mass is 446 g/mol. The highest BCUT2D eigenvalue weighted by atomic mass is 32.1. The summed E-state index contributed by atoms with van der Waals surface area (Å²) >= 11 is 5.56. The zero-order valence-electron chi connectivity index (χ0n) is 16.9. The summed E-state index contributed by atoms with van der Waals surface area (Å²) in [6.45, 7) is 2.70. The number of benzene rings is 2. The van der Waals surface area contributed by atoms with Crippen LogP contribution in [0.25, 0.3) is 0 Å². The molecule has 0 radical (unpaired) electrons. The van der Waals surface area contributed by atoms with Crippen LogP contribution in [0, 0.1) is 11.6 Å². The van der Waals surface area contributed by atoms with Crippen molar-refractivity contribution < 1.29 is 27.8 Å². The summed E-state index contributed by atoms with van der Waals surface area (Å²) in [5, 5.41) is 3.11. The SMILES string of the molecule is CCC1=C(C(=O)OC)C(c2c(F)cccc2F)NC(=S)N1c1ccc2c(c1)OCCO2. The third kappa shape index (κ3) is 3.69. The normalized spacial score (nSPS) is 18.0. The van der Waals surface area contributed by atoms with Gasteiger partial charge in [-0.25, -0.2) is 13.6 Å². The Balaban J connectivity index is 1.89. The van der Waals surface area contributed by atoms with E-state index in [0.29, 0.717) is 42.5 Å². The van der Waals surface area contributed by atoms with Crippen LogP contribution >= 0.6 is 12.2 Å². The number of methoxy groups -OCH3 is 1. The van der Waals surface area contributed by atoms with Crippen molar-refractivity contribution in [3.05, 3.63) is 64.9 Å². The topological polar surface area (TPSA) is 60.0 Å². The quantitative estimate of drug-likeness (QED) is 0.563. The highest BCUT2D eigenvalue weighted by Crippen LogP contribution is 2.40. The van der Waals surface area contributed by atoms with Gasteiger partial charge in [-0.05, 0) is 42.9 Å². The zero-order valence-corrected chi connectivity index (χ0v) is 17.7. The number of fused-ring (bicyclic) bond motifs is 1. The van der Waals surface area contributed by atoms with Crippen molar-refractivity contribution in [1.29, 1.82) is 0 Å². The highest BCUT2D eigenvalue weighted by molar-refractivity contribution is 7.80. The van der Waals surface area contributed by atoms with Gasteiger partial charge in [-0.1, -0.05) is 13.0 Å². The first-order valence-electron chi connectivity index (χ1n) is 9.71. The van der Waals surface area contributed by atoms with Crippen molar-refractivity contribution in [2.45, 2.75) is 19.4 Å². The Morgan fingerprint density at radius 2 is 1.87 bits per heavy atom. The number of allylic oxidation sites excluding steroid dienone is 1. The van der Waals surface area contributed by atoms with Gasteiger partial charge in [0.15, 0.2) is 16.6 Å². The number of anilines is 1. The standard InChI is InChI=1S/C22H20F2N2O4S/c1-3-15-19(21(27)28-2)20(18-13(23)5-4-6-14(18)24)25-22(31)26(15)12-7-8-16-17(11-12)30-10-9-29-16/h4-8,11,20H,3,9-10H2,1-2H3,(H,25,31). The first-order chi connectivity index (χ1) is 15.0. The van der Waals surface area contributed by atoms with Crippen LogP contribution < -0.4 is 19.7 Å². The summed E-state index contributed by atoms with van der Waals surface area (Å²) in [4.78, 5) is 14.4. The molecule has 162 valence electrons. The maximum atomic E-state index is 14.6. The van der Waals surface area contributed by atoms with Crippen molar-refractivity contribution in [2.24, 2.45) is 0 Å². The molecule has 0 bridgehead atoms. The van der Waals surface area contributed by atoms with Gasteiger partial charge in [0, 0.05) is 11.8 Å². The third-order valence-corrected chi connectivity index (χ3v) is 5.45. The Hall–Kier alpha value is -3.20. The lowest BCUT2D eigenvalue weighted by molar-refractivity contribution is -0.136. The molecule has 0 spiro atoms. The van der Waals surface area contributed by atoms with Crippen LogP contribution in [0.15, 0.2) is 47.7 Å². The van der Waals surface area contributed by atoms with Gasteiger partial charge in [-0.2, -0.15) is 0 Å². The van der Waals surface area contributed by atoms with E-state index in [1.54, 1.807) is 23.1 Å². The second kappa shape index (κ2) is 8.50. The minimum absolute atomic E-state index is 0.0810. The van der Waals surface area contributed by atoms with Gasteiger partial charge in [0.2, 0.25) is 0 Å². The Morgan fingerprint density at radius 3 is 2.52 bits per heavy atom. The summed E-state index contributed by atoms with van der Waals surface area (Å²) < 4.78 is 45.4. The predicted octanol–water partition coefficient (Wildman–Crippen LogP) is 4.01. The first-order valence-corrected chi connectivity index (χ1v) is 10.1. The fraction of sp³-hybridized carbons (Fsp3) is 0.273. The number of nitrogens with zero attached hydrogens (tertiary/aromatic N) is 1. The molecule has 2 aromatic carbocycles. The number of hydrogen-bond acceptors (Lipinski definition) is 5. The molecule has 0 saturated heterocycles. The number of carbonyl (C=O) groups is 1. The Bertz CT molecular complexity index is 1070. The molecule has 1 atom stereocenters.